The summed E-state index contributed by atoms with van der Waals surface area (Å²) in [6.07, 6.45) is 1.47. The predicted molar refractivity (Wildman–Crippen MR) is 90.2 cm³/mol. The monoisotopic (exact) mass is 368 g/mol. The van der Waals surface area contributed by atoms with Crippen LogP contribution in [0.5, 0.6) is 11.5 Å². The summed E-state index contributed by atoms with van der Waals surface area (Å²) in [6.45, 7) is 2.43. The minimum Gasteiger partial charge on any atom is -0.495 e. The number of methoxy groups -OCH3 is 1. The number of rotatable bonds is 5. The number of aryl methyl sites for hydroxylation is 1. The summed E-state index contributed by atoms with van der Waals surface area (Å²) < 4.78 is 37.7. The summed E-state index contributed by atoms with van der Waals surface area (Å²) in [7, 11) is -2.24. The van der Waals surface area contributed by atoms with Crippen molar-refractivity contribution in [1.82, 2.24) is 9.29 Å². The molecule has 1 aliphatic rings. The average Bonchev–Trinajstić information content (AvgIpc) is 2.50. The number of aromatic nitrogens is 1. The Hall–Kier alpha value is -1.83. The maximum absolute atomic E-state index is 12.7. The van der Waals surface area contributed by atoms with E-state index in [0.717, 1.165) is 5.69 Å². The lowest BCUT2D eigenvalue weighted by Gasteiger charge is -2.38. The van der Waals surface area contributed by atoms with E-state index in [1.54, 1.807) is 24.4 Å². The van der Waals surface area contributed by atoms with Crippen molar-refractivity contribution in [3.63, 3.8) is 0 Å². The van der Waals surface area contributed by atoms with E-state index in [4.69, 9.17) is 21.1 Å². The van der Waals surface area contributed by atoms with Crippen molar-refractivity contribution < 1.29 is 17.9 Å². The van der Waals surface area contributed by atoms with Gasteiger partial charge >= 0.3 is 0 Å². The molecule has 0 bridgehead atoms. The molecule has 2 heterocycles. The van der Waals surface area contributed by atoms with Crippen LogP contribution in [0.15, 0.2) is 41.4 Å². The largest absolute Gasteiger partial charge is 0.495 e. The Bertz CT molecular complexity index is 851. The average molecular weight is 369 g/mol. The maximum Gasteiger partial charge on any atom is 0.247 e. The van der Waals surface area contributed by atoms with E-state index in [2.05, 4.69) is 4.98 Å². The first-order valence-electron chi connectivity index (χ1n) is 7.33. The van der Waals surface area contributed by atoms with E-state index >= 15 is 0 Å². The van der Waals surface area contributed by atoms with E-state index in [1.807, 2.05) is 13.0 Å². The first-order valence-corrected chi connectivity index (χ1v) is 9.15. The van der Waals surface area contributed by atoms with E-state index in [0.29, 0.717) is 10.8 Å². The lowest BCUT2D eigenvalue weighted by atomic mass is 10.2. The molecule has 0 aliphatic carbocycles. The van der Waals surface area contributed by atoms with Crippen LogP contribution < -0.4 is 9.47 Å². The molecule has 1 aliphatic heterocycles. The highest BCUT2D eigenvalue weighted by Crippen LogP contribution is 2.32. The van der Waals surface area contributed by atoms with E-state index in [9.17, 15) is 8.42 Å². The zero-order valence-electron chi connectivity index (χ0n) is 13.3. The summed E-state index contributed by atoms with van der Waals surface area (Å²) in [5.74, 6) is 0.957. The zero-order valence-corrected chi connectivity index (χ0v) is 14.8. The van der Waals surface area contributed by atoms with Crippen LogP contribution in [0.4, 0.5) is 0 Å². The molecule has 0 spiro atoms. The minimum atomic E-state index is -3.67. The van der Waals surface area contributed by atoms with Gasteiger partial charge in [0.15, 0.2) is 0 Å². The molecular weight excluding hydrogens is 352 g/mol. The van der Waals surface area contributed by atoms with Crippen molar-refractivity contribution in [3.8, 4) is 11.5 Å². The second-order valence-electron chi connectivity index (χ2n) is 5.49. The molecule has 0 atom stereocenters. The number of sulfonamides is 1. The van der Waals surface area contributed by atoms with Gasteiger partial charge < -0.3 is 9.47 Å². The maximum atomic E-state index is 12.7. The van der Waals surface area contributed by atoms with Gasteiger partial charge in [-0.1, -0.05) is 11.6 Å². The van der Waals surface area contributed by atoms with E-state index < -0.39 is 10.0 Å². The van der Waals surface area contributed by atoms with E-state index in [1.165, 1.54) is 17.5 Å². The van der Waals surface area contributed by atoms with Crippen molar-refractivity contribution in [2.45, 2.75) is 17.9 Å². The molecule has 0 amide bonds. The number of pyridine rings is 1. The van der Waals surface area contributed by atoms with Crippen LogP contribution in [0.25, 0.3) is 0 Å². The highest BCUT2D eigenvalue weighted by molar-refractivity contribution is 7.89. The number of ether oxygens (including phenoxy) is 2. The van der Waals surface area contributed by atoms with Crippen molar-refractivity contribution in [2.75, 3.05) is 20.2 Å². The van der Waals surface area contributed by atoms with Gasteiger partial charge in [-0.2, -0.15) is 4.31 Å². The highest BCUT2D eigenvalue weighted by Gasteiger charge is 2.39. The normalized spacial score (nSPS) is 15.8. The Morgan fingerprint density at radius 3 is 2.67 bits per heavy atom. The molecule has 8 heteroatoms. The Balaban J connectivity index is 1.72. The molecular formula is C16H17ClN2O4S. The van der Waals surface area contributed by atoms with Gasteiger partial charge in [-0.25, -0.2) is 8.42 Å². The molecule has 3 rings (SSSR count). The molecule has 1 saturated heterocycles. The zero-order chi connectivity index (χ0) is 17.3. The Kier molecular flexibility index (Phi) is 4.67. The second kappa shape index (κ2) is 6.58. The number of nitrogens with zero attached hydrogens (tertiary/aromatic N) is 2. The SMILES string of the molecule is COc1ccc(Cl)cc1S(=O)(=O)N1CC(Oc2ccnc(C)c2)C1. The third-order valence-electron chi connectivity index (χ3n) is 3.73. The van der Waals surface area contributed by atoms with Crippen molar-refractivity contribution in [2.24, 2.45) is 0 Å². The summed E-state index contributed by atoms with van der Waals surface area (Å²) in [5, 5.41) is 0.343. The van der Waals surface area contributed by atoms with Crippen LogP contribution in [0.3, 0.4) is 0 Å². The predicted octanol–water partition coefficient (Wildman–Crippen LogP) is 2.50. The third-order valence-corrected chi connectivity index (χ3v) is 5.82. The first kappa shape index (κ1) is 17.0. The highest BCUT2D eigenvalue weighted by atomic mass is 35.5. The number of benzene rings is 1. The van der Waals surface area contributed by atoms with Crippen LogP contribution in [-0.2, 0) is 10.0 Å². The molecule has 0 unspecified atom stereocenters. The van der Waals surface area contributed by atoms with Gasteiger partial charge in [0.2, 0.25) is 10.0 Å². The van der Waals surface area contributed by atoms with Gasteiger partial charge in [-0.15, -0.1) is 0 Å². The van der Waals surface area contributed by atoms with Gasteiger partial charge in [0.25, 0.3) is 0 Å². The quantitative estimate of drug-likeness (QED) is 0.811. The van der Waals surface area contributed by atoms with Gasteiger partial charge in [0.05, 0.1) is 20.2 Å². The molecule has 1 aromatic carbocycles. The Morgan fingerprint density at radius 1 is 1.25 bits per heavy atom. The van der Waals surface area contributed by atoms with Gasteiger partial charge in [0.1, 0.15) is 22.5 Å². The van der Waals surface area contributed by atoms with Crippen LogP contribution >= 0.6 is 11.6 Å². The van der Waals surface area contributed by atoms with Crippen molar-refractivity contribution >= 4 is 21.6 Å². The molecule has 24 heavy (non-hydrogen) atoms. The second-order valence-corrected chi connectivity index (χ2v) is 7.83. The fraction of sp³-hybridized carbons (Fsp3) is 0.312. The topological polar surface area (TPSA) is 68.7 Å². The molecule has 6 nitrogen and oxygen atoms in total. The van der Waals surface area contributed by atoms with Crippen molar-refractivity contribution in [1.29, 1.82) is 0 Å². The third kappa shape index (κ3) is 3.33. The summed E-state index contributed by atoms with van der Waals surface area (Å²) in [6, 6.07) is 8.10. The smallest absolute Gasteiger partial charge is 0.247 e. The fourth-order valence-electron chi connectivity index (χ4n) is 2.45. The van der Waals surface area contributed by atoms with Crippen LogP contribution in [-0.4, -0.2) is 44.0 Å². The lowest BCUT2D eigenvalue weighted by Crippen LogP contribution is -2.56. The van der Waals surface area contributed by atoms with Crippen LogP contribution in [0, 0.1) is 6.92 Å². The number of halogens is 1. The Morgan fingerprint density at radius 2 is 2.00 bits per heavy atom. The fourth-order valence-corrected chi connectivity index (χ4v) is 4.37. The summed E-state index contributed by atoms with van der Waals surface area (Å²) in [4.78, 5) is 4.16. The van der Waals surface area contributed by atoms with Crippen LogP contribution in [0.1, 0.15) is 5.69 Å². The summed E-state index contributed by atoms with van der Waals surface area (Å²) >= 11 is 5.93. The Labute approximate surface area is 146 Å². The lowest BCUT2D eigenvalue weighted by molar-refractivity contribution is 0.0759. The van der Waals surface area contributed by atoms with Gasteiger partial charge in [-0.3, -0.25) is 4.98 Å². The minimum absolute atomic E-state index is 0.0655. The van der Waals surface area contributed by atoms with Gasteiger partial charge in [0, 0.05) is 23.0 Å². The summed E-state index contributed by atoms with van der Waals surface area (Å²) in [5.41, 5.74) is 0.847. The van der Waals surface area contributed by atoms with Crippen molar-refractivity contribution in [3.05, 3.63) is 47.2 Å². The number of hydrogen-bond acceptors (Lipinski definition) is 5. The molecule has 1 fully saturated rings. The standard InChI is InChI=1S/C16H17ClN2O4S/c1-11-7-13(5-6-18-11)23-14-9-19(10-14)24(20,21)16-8-12(17)3-4-15(16)22-2/h3-8,14H,9-10H2,1-2H3. The van der Waals surface area contributed by atoms with E-state index in [-0.39, 0.29) is 29.8 Å². The molecule has 128 valence electrons. The van der Waals surface area contributed by atoms with Gasteiger partial charge in [-0.05, 0) is 31.2 Å². The van der Waals surface area contributed by atoms with Crippen LogP contribution in [0.2, 0.25) is 5.02 Å². The molecule has 0 saturated carbocycles. The number of hydrogen-bond donors (Lipinski definition) is 0. The molecule has 0 N–H and O–H groups in total. The molecule has 2 aromatic rings. The molecule has 1 aromatic heterocycles. The molecule has 0 radical (unpaired) electrons. The first-order chi connectivity index (χ1) is 11.4.